The van der Waals surface area contributed by atoms with E-state index in [2.05, 4.69) is 38.0 Å². The molecule has 1 N–H and O–H groups in total. The second-order valence-corrected chi connectivity index (χ2v) is 4.51. The van der Waals surface area contributed by atoms with Gasteiger partial charge < -0.3 is 4.98 Å². The van der Waals surface area contributed by atoms with Crippen LogP contribution in [0.2, 0.25) is 0 Å². The highest BCUT2D eigenvalue weighted by Crippen LogP contribution is 2.12. The minimum Gasteiger partial charge on any atom is -0.334 e. The van der Waals surface area contributed by atoms with Crippen molar-refractivity contribution < 1.29 is 0 Å². The van der Waals surface area contributed by atoms with Crippen LogP contribution in [0.3, 0.4) is 0 Å². The van der Waals surface area contributed by atoms with Crippen LogP contribution in [-0.2, 0) is 6.42 Å². The van der Waals surface area contributed by atoms with Crippen LogP contribution in [-0.4, -0.2) is 9.97 Å². The number of halogens is 1. The van der Waals surface area contributed by atoms with Gasteiger partial charge in [0.15, 0.2) is 4.77 Å². The van der Waals surface area contributed by atoms with Gasteiger partial charge in [0.1, 0.15) is 0 Å². The quantitative estimate of drug-likeness (QED) is 0.853. The minimum absolute atomic E-state index is 0.532. The molecule has 0 atom stereocenters. The summed E-state index contributed by atoms with van der Waals surface area (Å²) in [6.07, 6.45) is 2.58. The Kier molecular flexibility index (Phi) is 3.28. The molecule has 2 nitrogen and oxygen atoms in total. The number of aromatic amines is 1. The minimum atomic E-state index is 0.532. The number of aromatic nitrogens is 2. The van der Waals surface area contributed by atoms with Crippen molar-refractivity contribution in [2.75, 3.05) is 0 Å². The Hall–Kier alpha value is -1.00. The van der Waals surface area contributed by atoms with Crippen molar-refractivity contribution in [2.24, 2.45) is 0 Å². The van der Waals surface area contributed by atoms with Gasteiger partial charge in [-0.05, 0) is 36.0 Å². The molecule has 1 aromatic heterocycles. The van der Waals surface area contributed by atoms with Gasteiger partial charge in [-0.15, -0.1) is 0 Å². The molecule has 0 fully saturated rings. The lowest BCUT2D eigenvalue weighted by Gasteiger charge is -2.01. The van der Waals surface area contributed by atoms with Crippen LogP contribution in [0, 0.1) is 4.77 Å². The third-order valence-electron chi connectivity index (χ3n) is 2.04. The van der Waals surface area contributed by atoms with Gasteiger partial charge in [0.2, 0.25) is 0 Å². The number of benzene rings is 1. The number of rotatable bonds is 2. The van der Waals surface area contributed by atoms with Gasteiger partial charge in [-0.1, -0.05) is 28.1 Å². The fourth-order valence-electron chi connectivity index (χ4n) is 1.33. The number of nitrogens with one attached hydrogen (secondary N) is 1. The maximum atomic E-state index is 4.96. The molecule has 1 heterocycles. The SMILES string of the molecule is S=c1nccc(Cc2ccc(Br)cc2)[nH]1. The summed E-state index contributed by atoms with van der Waals surface area (Å²) >= 11 is 8.37. The molecule has 0 aliphatic carbocycles. The smallest absolute Gasteiger partial charge is 0.196 e. The Bertz CT molecular complexity index is 504. The molecule has 0 spiro atoms. The molecule has 0 saturated carbocycles. The van der Waals surface area contributed by atoms with Crippen molar-refractivity contribution in [1.29, 1.82) is 0 Å². The molecule has 76 valence electrons. The maximum absolute atomic E-state index is 4.96. The molecule has 0 aliphatic rings. The largest absolute Gasteiger partial charge is 0.334 e. The predicted molar refractivity (Wildman–Crippen MR) is 66.4 cm³/mol. The standard InChI is InChI=1S/C11H9BrN2S/c12-9-3-1-8(2-4-9)7-10-5-6-13-11(15)14-10/h1-6H,7H2,(H,13,14,15). The van der Waals surface area contributed by atoms with Gasteiger partial charge in [-0.3, -0.25) is 0 Å². The fraction of sp³-hybridized carbons (Fsp3) is 0.0909. The van der Waals surface area contributed by atoms with Crippen molar-refractivity contribution >= 4 is 28.1 Å². The molecule has 2 aromatic rings. The van der Waals surface area contributed by atoms with Crippen molar-refractivity contribution in [3.63, 3.8) is 0 Å². The van der Waals surface area contributed by atoms with Gasteiger partial charge in [0, 0.05) is 22.8 Å². The summed E-state index contributed by atoms with van der Waals surface area (Å²) in [6.45, 7) is 0. The van der Waals surface area contributed by atoms with Crippen LogP contribution in [0.1, 0.15) is 11.3 Å². The molecular formula is C11H9BrN2S. The second kappa shape index (κ2) is 4.68. The first-order valence-electron chi connectivity index (χ1n) is 4.53. The van der Waals surface area contributed by atoms with E-state index in [1.165, 1.54) is 5.56 Å². The van der Waals surface area contributed by atoms with Gasteiger partial charge >= 0.3 is 0 Å². The number of hydrogen-bond donors (Lipinski definition) is 1. The first-order chi connectivity index (χ1) is 7.24. The molecule has 1 aromatic carbocycles. The molecule has 0 saturated heterocycles. The van der Waals surface area contributed by atoms with Crippen LogP contribution in [0.25, 0.3) is 0 Å². The summed E-state index contributed by atoms with van der Waals surface area (Å²) in [6, 6.07) is 10.2. The van der Waals surface area contributed by atoms with Gasteiger partial charge in [0.25, 0.3) is 0 Å². The van der Waals surface area contributed by atoms with E-state index in [0.717, 1.165) is 16.6 Å². The van der Waals surface area contributed by atoms with Gasteiger partial charge in [0.05, 0.1) is 0 Å². The van der Waals surface area contributed by atoms with Crippen LogP contribution in [0.5, 0.6) is 0 Å². The van der Waals surface area contributed by atoms with E-state index in [9.17, 15) is 0 Å². The van der Waals surface area contributed by atoms with Crippen molar-refractivity contribution in [2.45, 2.75) is 6.42 Å². The highest BCUT2D eigenvalue weighted by atomic mass is 79.9. The van der Waals surface area contributed by atoms with Crippen molar-refractivity contribution in [1.82, 2.24) is 9.97 Å². The summed E-state index contributed by atoms with van der Waals surface area (Å²) in [5.41, 5.74) is 2.33. The van der Waals surface area contributed by atoms with Crippen LogP contribution < -0.4 is 0 Å². The zero-order valence-electron chi connectivity index (χ0n) is 7.90. The zero-order valence-corrected chi connectivity index (χ0v) is 10.3. The Morgan fingerprint density at radius 2 is 1.93 bits per heavy atom. The third kappa shape index (κ3) is 2.97. The monoisotopic (exact) mass is 280 g/mol. The lowest BCUT2D eigenvalue weighted by atomic mass is 10.1. The van der Waals surface area contributed by atoms with Gasteiger partial charge in [-0.25, -0.2) is 4.98 Å². The topological polar surface area (TPSA) is 28.7 Å². The third-order valence-corrected chi connectivity index (χ3v) is 2.78. The molecule has 0 radical (unpaired) electrons. The highest BCUT2D eigenvalue weighted by Gasteiger charge is 1.96. The van der Waals surface area contributed by atoms with Crippen molar-refractivity contribution in [3.05, 3.63) is 57.0 Å². The van der Waals surface area contributed by atoms with Gasteiger partial charge in [-0.2, -0.15) is 0 Å². The molecule has 4 heteroatoms. The van der Waals surface area contributed by atoms with E-state index in [4.69, 9.17) is 12.2 Å². The summed E-state index contributed by atoms with van der Waals surface area (Å²) in [5.74, 6) is 0. The van der Waals surface area contributed by atoms with E-state index in [1.807, 2.05) is 18.2 Å². The highest BCUT2D eigenvalue weighted by molar-refractivity contribution is 9.10. The molecule has 15 heavy (non-hydrogen) atoms. The van der Waals surface area contributed by atoms with E-state index >= 15 is 0 Å². The average Bonchev–Trinajstić information content (AvgIpc) is 2.22. The Morgan fingerprint density at radius 1 is 1.20 bits per heavy atom. The summed E-state index contributed by atoms with van der Waals surface area (Å²) < 4.78 is 1.62. The summed E-state index contributed by atoms with van der Waals surface area (Å²) in [4.78, 5) is 7.01. The average molecular weight is 281 g/mol. The molecule has 2 rings (SSSR count). The van der Waals surface area contributed by atoms with E-state index < -0.39 is 0 Å². The molecular weight excluding hydrogens is 272 g/mol. The second-order valence-electron chi connectivity index (χ2n) is 3.20. The normalized spacial score (nSPS) is 10.2. The van der Waals surface area contributed by atoms with E-state index in [-0.39, 0.29) is 0 Å². The lowest BCUT2D eigenvalue weighted by molar-refractivity contribution is 1.01. The lowest BCUT2D eigenvalue weighted by Crippen LogP contribution is -1.93. The summed E-state index contributed by atoms with van der Waals surface area (Å²) in [7, 11) is 0. The van der Waals surface area contributed by atoms with Crippen LogP contribution in [0.4, 0.5) is 0 Å². The molecule has 0 bridgehead atoms. The van der Waals surface area contributed by atoms with Crippen molar-refractivity contribution in [3.8, 4) is 0 Å². The zero-order chi connectivity index (χ0) is 10.7. The Labute approximate surface area is 102 Å². The molecule has 0 unspecified atom stereocenters. The number of hydrogen-bond acceptors (Lipinski definition) is 2. The predicted octanol–water partition coefficient (Wildman–Crippen LogP) is 3.49. The van der Waals surface area contributed by atoms with Crippen LogP contribution in [0.15, 0.2) is 41.0 Å². The fourth-order valence-corrected chi connectivity index (χ4v) is 1.79. The van der Waals surface area contributed by atoms with E-state index in [0.29, 0.717) is 4.77 Å². The first kappa shape index (κ1) is 10.5. The molecule has 0 aliphatic heterocycles. The summed E-state index contributed by atoms with van der Waals surface area (Å²) in [5, 5.41) is 0. The van der Waals surface area contributed by atoms with Crippen LogP contribution >= 0.6 is 28.1 Å². The Balaban J connectivity index is 2.22. The maximum Gasteiger partial charge on any atom is 0.196 e. The van der Waals surface area contributed by atoms with E-state index in [1.54, 1.807) is 6.20 Å². The molecule has 0 amide bonds. The number of nitrogens with zero attached hydrogens (tertiary/aromatic N) is 1. The number of H-pyrrole nitrogens is 1. The Morgan fingerprint density at radius 3 is 2.60 bits per heavy atom. The first-order valence-corrected chi connectivity index (χ1v) is 5.73.